The second kappa shape index (κ2) is 6.77. The van der Waals surface area contributed by atoms with Crippen molar-refractivity contribution in [2.75, 3.05) is 5.32 Å². The van der Waals surface area contributed by atoms with Crippen molar-refractivity contribution in [3.05, 3.63) is 50.2 Å². The van der Waals surface area contributed by atoms with Gasteiger partial charge in [-0.25, -0.2) is 0 Å². The SMILES string of the molecule is Cc1cc(NC(=O)Cn2nnc(-c3ccsc3)n2)c([N+](=O)[O-])cc1C. The molecular formula is C15H14N6O3S. The van der Waals surface area contributed by atoms with Crippen molar-refractivity contribution in [2.24, 2.45) is 0 Å². The highest BCUT2D eigenvalue weighted by atomic mass is 32.1. The minimum atomic E-state index is -0.523. The maximum absolute atomic E-state index is 12.2. The number of nitrogens with zero attached hydrogens (tertiary/aromatic N) is 5. The van der Waals surface area contributed by atoms with Gasteiger partial charge in [0.25, 0.3) is 5.69 Å². The van der Waals surface area contributed by atoms with Crippen LogP contribution in [0.2, 0.25) is 0 Å². The number of nitrogens with one attached hydrogen (secondary N) is 1. The number of hydrogen-bond donors (Lipinski definition) is 1. The average Bonchev–Trinajstić information content (AvgIpc) is 3.21. The van der Waals surface area contributed by atoms with Crippen molar-refractivity contribution < 1.29 is 9.72 Å². The van der Waals surface area contributed by atoms with Crippen LogP contribution in [0, 0.1) is 24.0 Å². The molecule has 1 N–H and O–H groups in total. The van der Waals surface area contributed by atoms with E-state index in [4.69, 9.17) is 0 Å². The Hall–Kier alpha value is -3.14. The second-order valence-corrected chi connectivity index (χ2v) is 6.19. The quantitative estimate of drug-likeness (QED) is 0.553. The van der Waals surface area contributed by atoms with E-state index in [9.17, 15) is 14.9 Å². The number of anilines is 1. The fourth-order valence-electron chi connectivity index (χ4n) is 2.19. The topological polar surface area (TPSA) is 116 Å². The van der Waals surface area contributed by atoms with Gasteiger partial charge in [-0.15, -0.1) is 10.2 Å². The number of amides is 1. The van der Waals surface area contributed by atoms with Crippen molar-refractivity contribution in [1.29, 1.82) is 0 Å². The number of thiophene rings is 1. The lowest BCUT2D eigenvalue weighted by Crippen LogP contribution is -2.21. The van der Waals surface area contributed by atoms with Gasteiger partial charge in [-0.1, -0.05) is 0 Å². The number of carbonyl (C=O) groups excluding carboxylic acids is 1. The molecule has 128 valence electrons. The van der Waals surface area contributed by atoms with Crippen molar-refractivity contribution >= 4 is 28.6 Å². The summed E-state index contributed by atoms with van der Waals surface area (Å²) in [5, 5.41) is 29.3. The first-order valence-corrected chi connectivity index (χ1v) is 8.24. The van der Waals surface area contributed by atoms with Crippen molar-refractivity contribution in [2.45, 2.75) is 20.4 Å². The van der Waals surface area contributed by atoms with E-state index in [-0.39, 0.29) is 17.9 Å². The Balaban J connectivity index is 1.75. The standard InChI is InChI=1S/C15H14N6O3S/c1-9-5-12(13(21(23)24)6-10(9)2)16-14(22)7-20-18-15(17-19-20)11-3-4-25-8-11/h3-6,8H,7H2,1-2H3,(H,16,22). The zero-order valence-electron chi connectivity index (χ0n) is 13.5. The highest BCUT2D eigenvalue weighted by Crippen LogP contribution is 2.27. The number of carbonyl (C=O) groups is 1. The molecule has 0 aliphatic heterocycles. The van der Waals surface area contributed by atoms with Gasteiger partial charge in [0.05, 0.1) is 4.92 Å². The largest absolute Gasteiger partial charge is 0.319 e. The van der Waals surface area contributed by atoms with Crippen LogP contribution in [0.5, 0.6) is 0 Å². The summed E-state index contributed by atoms with van der Waals surface area (Å²) in [5.74, 6) is -0.0492. The maximum Gasteiger partial charge on any atom is 0.293 e. The molecule has 0 bridgehead atoms. The number of benzene rings is 1. The van der Waals surface area contributed by atoms with E-state index in [1.54, 1.807) is 13.0 Å². The van der Waals surface area contributed by atoms with Crippen LogP contribution in [0.1, 0.15) is 11.1 Å². The van der Waals surface area contributed by atoms with Gasteiger partial charge in [0.2, 0.25) is 11.7 Å². The molecule has 3 rings (SSSR count). The fourth-order valence-corrected chi connectivity index (χ4v) is 2.82. The molecule has 10 heteroatoms. The summed E-state index contributed by atoms with van der Waals surface area (Å²) < 4.78 is 0. The molecule has 2 heterocycles. The van der Waals surface area contributed by atoms with Crippen LogP contribution >= 0.6 is 11.3 Å². The molecule has 25 heavy (non-hydrogen) atoms. The average molecular weight is 358 g/mol. The van der Waals surface area contributed by atoms with E-state index in [0.29, 0.717) is 5.82 Å². The van der Waals surface area contributed by atoms with Crippen LogP contribution in [0.15, 0.2) is 29.0 Å². The number of hydrogen-bond acceptors (Lipinski definition) is 7. The molecule has 0 saturated heterocycles. The Labute approximate surface area is 146 Å². The van der Waals surface area contributed by atoms with Gasteiger partial charge < -0.3 is 5.32 Å². The third kappa shape index (κ3) is 3.69. The molecule has 0 unspecified atom stereocenters. The summed E-state index contributed by atoms with van der Waals surface area (Å²) in [4.78, 5) is 24.0. The third-order valence-electron chi connectivity index (χ3n) is 3.60. The van der Waals surface area contributed by atoms with Gasteiger partial charge in [-0.05, 0) is 47.7 Å². The first-order valence-electron chi connectivity index (χ1n) is 7.30. The van der Waals surface area contributed by atoms with E-state index >= 15 is 0 Å². The molecule has 2 aromatic heterocycles. The lowest BCUT2D eigenvalue weighted by Gasteiger charge is -2.08. The van der Waals surface area contributed by atoms with E-state index in [0.717, 1.165) is 21.5 Å². The van der Waals surface area contributed by atoms with E-state index in [1.165, 1.54) is 17.4 Å². The van der Waals surface area contributed by atoms with Gasteiger partial charge in [0.1, 0.15) is 12.2 Å². The monoisotopic (exact) mass is 358 g/mol. The summed E-state index contributed by atoms with van der Waals surface area (Å²) in [7, 11) is 0. The lowest BCUT2D eigenvalue weighted by atomic mass is 10.1. The van der Waals surface area contributed by atoms with Crippen LogP contribution in [0.4, 0.5) is 11.4 Å². The Kier molecular flexibility index (Phi) is 4.52. The van der Waals surface area contributed by atoms with Gasteiger partial charge in [0.15, 0.2) is 0 Å². The summed E-state index contributed by atoms with van der Waals surface area (Å²) in [6, 6.07) is 4.87. The number of aryl methyl sites for hydroxylation is 2. The molecule has 0 spiro atoms. The zero-order valence-corrected chi connectivity index (χ0v) is 14.3. The molecule has 1 aromatic carbocycles. The molecule has 0 atom stereocenters. The van der Waals surface area contributed by atoms with Gasteiger partial charge in [0, 0.05) is 17.0 Å². The molecule has 9 nitrogen and oxygen atoms in total. The van der Waals surface area contributed by atoms with Crippen molar-refractivity contribution in [1.82, 2.24) is 20.2 Å². The number of tetrazole rings is 1. The van der Waals surface area contributed by atoms with Crippen LogP contribution in [-0.4, -0.2) is 31.0 Å². The second-order valence-electron chi connectivity index (χ2n) is 5.41. The smallest absolute Gasteiger partial charge is 0.293 e. The van der Waals surface area contributed by atoms with E-state index in [1.807, 2.05) is 23.8 Å². The predicted molar refractivity (Wildman–Crippen MR) is 92.3 cm³/mol. The Morgan fingerprint density at radius 3 is 2.80 bits per heavy atom. The zero-order chi connectivity index (χ0) is 18.0. The fraction of sp³-hybridized carbons (Fsp3) is 0.200. The maximum atomic E-state index is 12.2. The lowest BCUT2D eigenvalue weighted by molar-refractivity contribution is -0.384. The number of nitro groups is 1. The highest BCUT2D eigenvalue weighted by Gasteiger charge is 2.18. The van der Waals surface area contributed by atoms with Crippen LogP contribution in [0.3, 0.4) is 0 Å². The van der Waals surface area contributed by atoms with Crippen LogP contribution < -0.4 is 5.32 Å². The van der Waals surface area contributed by atoms with Crippen LogP contribution in [0.25, 0.3) is 11.4 Å². The molecule has 0 aliphatic carbocycles. The molecule has 0 aliphatic rings. The van der Waals surface area contributed by atoms with Gasteiger partial charge in [-0.3, -0.25) is 14.9 Å². The molecule has 0 radical (unpaired) electrons. The minimum absolute atomic E-state index is 0.149. The summed E-state index contributed by atoms with van der Waals surface area (Å²) in [6.07, 6.45) is 0. The summed E-state index contributed by atoms with van der Waals surface area (Å²) in [6.45, 7) is 3.40. The van der Waals surface area contributed by atoms with Gasteiger partial charge in [-0.2, -0.15) is 16.1 Å². The van der Waals surface area contributed by atoms with E-state index < -0.39 is 10.8 Å². The van der Waals surface area contributed by atoms with Crippen molar-refractivity contribution in [3.63, 3.8) is 0 Å². The number of nitro benzene ring substituents is 1. The number of aromatic nitrogens is 4. The van der Waals surface area contributed by atoms with Gasteiger partial charge >= 0.3 is 0 Å². The molecule has 0 saturated carbocycles. The predicted octanol–water partition coefficient (Wildman–Crippen LogP) is 2.57. The summed E-state index contributed by atoms with van der Waals surface area (Å²) >= 11 is 1.51. The minimum Gasteiger partial charge on any atom is -0.319 e. The first-order chi connectivity index (χ1) is 11.9. The highest BCUT2D eigenvalue weighted by molar-refractivity contribution is 7.08. The summed E-state index contributed by atoms with van der Waals surface area (Å²) in [5.41, 5.74) is 2.45. The Morgan fingerprint density at radius 2 is 2.12 bits per heavy atom. The third-order valence-corrected chi connectivity index (χ3v) is 4.28. The molecule has 3 aromatic rings. The van der Waals surface area contributed by atoms with Crippen LogP contribution in [-0.2, 0) is 11.3 Å². The normalized spacial score (nSPS) is 10.6. The first kappa shape index (κ1) is 16.7. The Morgan fingerprint density at radius 1 is 1.36 bits per heavy atom. The molecular weight excluding hydrogens is 344 g/mol. The van der Waals surface area contributed by atoms with Crippen molar-refractivity contribution in [3.8, 4) is 11.4 Å². The van der Waals surface area contributed by atoms with E-state index in [2.05, 4.69) is 20.7 Å². The molecule has 0 fully saturated rings. The number of rotatable bonds is 5. The molecule has 1 amide bonds. The Bertz CT molecular complexity index is 935.